The number of aryl methyl sites for hydroxylation is 2. The lowest BCUT2D eigenvalue weighted by Gasteiger charge is -2.24. The number of non-ortho nitro benzene ring substituents is 1. The molecular formula is C22H26N4O3S. The summed E-state index contributed by atoms with van der Waals surface area (Å²) >= 11 is 1.47. The second-order valence-corrected chi connectivity index (χ2v) is 8.15. The van der Waals surface area contributed by atoms with Gasteiger partial charge in [0, 0.05) is 30.8 Å². The number of aromatic nitrogens is 1. The predicted octanol–water partition coefficient (Wildman–Crippen LogP) is 4.81. The van der Waals surface area contributed by atoms with Gasteiger partial charge in [-0.15, -0.1) is 0 Å². The molecule has 3 aromatic rings. The average molecular weight is 427 g/mol. The summed E-state index contributed by atoms with van der Waals surface area (Å²) in [6.07, 6.45) is 0. The van der Waals surface area contributed by atoms with Crippen LogP contribution in [0.15, 0.2) is 36.4 Å². The molecule has 0 N–H and O–H groups in total. The lowest BCUT2D eigenvalue weighted by molar-refractivity contribution is -0.384. The highest BCUT2D eigenvalue weighted by Gasteiger charge is 2.23. The van der Waals surface area contributed by atoms with Crippen LogP contribution in [-0.2, 0) is 0 Å². The number of rotatable bonds is 8. The van der Waals surface area contributed by atoms with E-state index in [0.29, 0.717) is 18.2 Å². The Morgan fingerprint density at radius 3 is 2.53 bits per heavy atom. The van der Waals surface area contributed by atoms with Gasteiger partial charge in [-0.1, -0.05) is 37.3 Å². The van der Waals surface area contributed by atoms with Crippen LogP contribution < -0.4 is 4.90 Å². The maximum absolute atomic E-state index is 13.4. The topological polar surface area (TPSA) is 79.6 Å². The van der Waals surface area contributed by atoms with Crippen LogP contribution in [0.1, 0.15) is 35.3 Å². The number of nitrogens with zero attached hydrogens (tertiary/aromatic N) is 4. The molecule has 158 valence electrons. The fraction of sp³-hybridized carbons (Fsp3) is 0.364. The third kappa shape index (κ3) is 4.49. The zero-order chi connectivity index (χ0) is 21.8. The maximum Gasteiger partial charge on any atom is 0.270 e. The second-order valence-electron chi connectivity index (χ2n) is 7.14. The van der Waals surface area contributed by atoms with Crippen molar-refractivity contribution in [2.24, 2.45) is 0 Å². The monoisotopic (exact) mass is 426 g/mol. The quantitative estimate of drug-likeness (QED) is 0.381. The summed E-state index contributed by atoms with van der Waals surface area (Å²) in [6.45, 7) is 11.2. The lowest BCUT2D eigenvalue weighted by Crippen LogP contribution is -2.38. The minimum atomic E-state index is -0.485. The Bertz CT molecular complexity index is 1080. The number of fused-ring (bicyclic) bond motifs is 1. The summed E-state index contributed by atoms with van der Waals surface area (Å²) in [6, 6.07) is 9.96. The molecule has 0 aliphatic rings. The molecule has 2 aromatic carbocycles. The Morgan fingerprint density at radius 2 is 1.87 bits per heavy atom. The summed E-state index contributed by atoms with van der Waals surface area (Å²) in [5.41, 5.74) is 3.34. The van der Waals surface area contributed by atoms with Crippen LogP contribution in [0, 0.1) is 24.0 Å². The zero-order valence-electron chi connectivity index (χ0n) is 17.7. The van der Waals surface area contributed by atoms with Gasteiger partial charge in [0.15, 0.2) is 5.13 Å². The Kier molecular flexibility index (Phi) is 6.79. The number of amides is 1. The van der Waals surface area contributed by atoms with Crippen molar-refractivity contribution in [3.05, 3.63) is 63.2 Å². The second kappa shape index (κ2) is 9.32. The molecule has 1 heterocycles. The van der Waals surface area contributed by atoms with Gasteiger partial charge in [0.2, 0.25) is 0 Å². The molecule has 0 radical (unpaired) electrons. The molecule has 0 aliphatic heterocycles. The zero-order valence-corrected chi connectivity index (χ0v) is 18.5. The molecule has 0 spiro atoms. The van der Waals surface area contributed by atoms with Crippen molar-refractivity contribution in [1.29, 1.82) is 0 Å². The number of hydrogen-bond acceptors (Lipinski definition) is 6. The number of anilines is 1. The van der Waals surface area contributed by atoms with E-state index in [-0.39, 0.29) is 17.2 Å². The van der Waals surface area contributed by atoms with Crippen molar-refractivity contribution in [2.45, 2.75) is 27.7 Å². The molecule has 1 aromatic heterocycles. The molecule has 1 amide bonds. The normalized spacial score (nSPS) is 11.2. The fourth-order valence-corrected chi connectivity index (χ4v) is 4.35. The number of nitro groups is 1. The molecule has 0 saturated carbocycles. The van der Waals surface area contributed by atoms with Crippen molar-refractivity contribution in [1.82, 2.24) is 9.88 Å². The van der Waals surface area contributed by atoms with Crippen molar-refractivity contribution in [3.63, 3.8) is 0 Å². The van der Waals surface area contributed by atoms with E-state index >= 15 is 0 Å². The fourth-order valence-electron chi connectivity index (χ4n) is 3.30. The molecule has 0 aliphatic carbocycles. The van der Waals surface area contributed by atoms with Crippen LogP contribution in [0.3, 0.4) is 0 Å². The highest BCUT2D eigenvalue weighted by molar-refractivity contribution is 7.22. The molecule has 7 nitrogen and oxygen atoms in total. The van der Waals surface area contributed by atoms with Crippen molar-refractivity contribution < 1.29 is 9.72 Å². The molecule has 0 bridgehead atoms. The first-order chi connectivity index (χ1) is 14.3. The third-order valence-corrected chi connectivity index (χ3v) is 6.43. The highest BCUT2D eigenvalue weighted by Crippen LogP contribution is 2.32. The summed E-state index contributed by atoms with van der Waals surface area (Å²) in [5.74, 6) is -0.278. The van der Waals surface area contributed by atoms with Crippen molar-refractivity contribution >= 4 is 38.3 Å². The number of carbonyl (C=O) groups is 1. The van der Waals surface area contributed by atoms with Gasteiger partial charge in [0.25, 0.3) is 11.6 Å². The van der Waals surface area contributed by atoms with Crippen LogP contribution in [0.5, 0.6) is 0 Å². The van der Waals surface area contributed by atoms with Gasteiger partial charge in [0.05, 0.1) is 15.1 Å². The largest absolute Gasteiger partial charge is 0.302 e. The van der Waals surface area contributed by atoms with E-state index in [0.717, 1.165) is 34.4 Å². The lowest BCUT2D eigenvalue weighted by atomic mass is 10.1. The Balaban J connectivity index is 2.02. The van der Waals surface area contributed by atoms with Crippen molar-refractivity contribution in [3.8, 4) is 0 Å². The minimum absolute atomic E-state index is 0.0969. The molecule has 3 rings (SSSR count). The van der Waals surface area contributed by atoms with E-state index in [1.807, 2.05) is 19.9 Å². The van der Waals surface area contributed by atoms with E-state index in [4.69, 9.17) is 4.98 Å². The smallest absolute Gasteiger partial charge is 0.270 e. The van der Waals surface area contributed by atoms with E-state index < -0.39 is 4.92 Å². The minimum Gasteiger partial charge on any atom is -0.302 e. The Labute approximate surface area is 180 Å². The van der Waals surface area contributed by atoms with Crippen LogP contribution in [0.4, 0.5) is 10.8 Å². The van der Waals surface area contributed by atoms with Gasteiger partial charge >= 0.3 is 0 Å². The predicted molar refractivity (Wildman–Crippen MR) is 122 cm³/mol. The molecule has 0 atom stereocenters. The van der Waals surface area contributed by atoms with Gasteiger partial charge in [0.1, 0.15) is 0 Å². The maximum atomic E-state index is 13.4. The van der Waals surface area contributed by atoms with E-state index in [1.54, 1.807) is 17.0 Å². The van der Waals surface area contributed by atoms with Gasteiger partial charge in [-0.3, -0.25) is 19.8 Å². The first kappa shape index (κ1) is 21.9. The summed E-state index contributed by atoms with van der Waals surface area (Å²) in [4.78, 5) is 32.7. The SMILES string of the molecule is CCN(CC)CCN(C(=O)c1cccc([N+](=O)[O-])c1)c1nc2c(C)c(C)ccc2s1. The molecule has 30 heavy (non-hydrogen) atoms. The number of likely N-dealkylation sites (N-methyl/N-ethyl adjacent to an activating group) is 1. The summed E-state index contributed by atoms with van der Waals surface area (Å²) < 4.78 is 1.02. The molecule has 8 heteroatoms. The molecule has 0 unspecified atom stereocenters. The van der Waals surface area contributed by atoms with Crippen molar-refractivity contribution in [2.75, 3.05) is 31.1 Å². The summed E-state index contributed by atoms with van der Waals surface area (Å²) in [5, 5.41) is 11.8. The van der Waals surface area contributed by atoms with E-state index in [9.17, 15) is 14.9 Å². The standard InChI is InChI=1S/C22H26N4O3S/c1-5-24(6-2)12-13-25(21(27)17-8-7-9-18(14-17)26(28)29)22-23-20-16(4)15(3)10-11-19(20)30-22/h7-11,14H,5-6,12-13H2,1-4H3. The molecule has 0 saturated heterocycles. The van der Waals surface area contributed by atoms with E-state index in [2.05, 4.69) is 24.8 Å². The number of carbonyl (C=O) groups excluding carboxylic acids is 1. The average Bonchev–Trinajstić information content (AvgIpc) is 3.18. The summed E-state index contributed by atoms with van der Waals surface area (Å²) in [7, 11) is 0. The van der Waals surface area contributed by atoms with E-state index in [1.165, 1.54) is 23.5 Å². The van der Waals surface area contributed by atoms with Gasteiger partial charge in [-0.2, -0.15) is 0 Å². The van der Waals surface area contributed by atoms with Gasteiger partial charge < -0.3 is 4.90 Å². The Morgan fingerprint density at radius 1 is 1.13 bits per heavy atom. The van der Waals surface area contributed by atoms with Crippen LogP contribution in [0.25, 0.3) is 10.2 Å². The van der Waals surface area contributed by atoms with Crippen LogP contribution in [0.2, 0.25) is 0 Å². The molecule has 0 fully saturated rings. The highest BCUT2D eigenvalue weighted by atomic mass is 32.1. The number of thiazole rings is 1. The number of nitro benzene ring substituents is 1. The third-order valence-electron chi connectivity index (χ3n) is 5.39. The number of benzene rings is 2. The first-order valence-corrected chi connectivity index (χ1v) is 10.8. The first-order valence-electron chi connectivity index (χ1n) is 10.0. The Hall–Kier alpha value is -2.84. The van der Waals surface area contributed by atoms with Gasteiger partial charge in [-0.05, 0) is 50.2 Å². The van der Waals surface area contributed by atoms with Crippen LogP contribution in [-0.4, -0.2) is 46.9 Å². The van der Waals surface area contributed by atoms with Gasteiger partial charge in [-0.25, -0.2) is 4.98 Å². The number of hydrogen-bond donors (Lipinski definition) is 0. The molecular weight excluding hydrogens is 400 g/mol. The van der Waals surface area contributed by atoms with Crippen LogP contribution >= 0.6 is 11.3 Å².